The van der Waals surface area contributed by atoms with Crippen LogP contribution in [0.3, 0.4) is 0 Å². The second-order valence-corrected chi connectivity index (χ2v) is 4.57. The molecule has 0 saturated carbocycles. The molecule has 0 aromatic carbocycles. The van der Waals surface area contributed by atoms with E-state index >= 15 is 0 Å². The van der Waals surface area contributed by atoms with Gasteiger partial charge in [0.2, 0.25) is 0 Å². The predicted octanol–water partition coefficient (Wildman–Crippen LogP) is 0.816. The number of hydrogen-bond acceptors (Lipinski definition) is 3. The van der Waals surface area contributed by atoms with Crippen molar-refractivity contribution in [1.29, 1.82) is 0 Å². The molecule has 1 saturated heterocycles. The van der Waals surface area contributed by atoms with Crippen LogP contribution in [0.15, 0.2) is 0 Å². The molecule has 0 radical (unpaired) electrons. The van der Waals surface area contributed by atoms with Crippen molar-refractivity contribution in [2.45, 2.75) is 44.3 Å². The summed E-state index contributed by atoms with van der Waals surface area (Å²) in [5.74, 6) is -3.17. The number of likely N-dealkylation sites (tertiary alicyclic amines) is 1. The monoisotopic (exact) mass is 222 g/mol. The average Bonchev–Trinajstić information content (AvgIpc) is 2.18. The Hall–Kier alpha value is -0.260. The molecule has 0 aromatic heterocycles. The Balaban J connectivity index is 2.62. The van der Waals surface area contributed by atoms with Gasteiger partial charge < -0.3 is 15.7 Å². The number of hydrogen-bond donors (Lipinski definition) is 2. The van der Waals surface area contributed by atoms with Crippen LogP contribution in [0.25, 0.3) is 0 Å². The summed E-state index contributed by atoms with van der Waals surface area (Å²) < 4.78 is 26.7. The molecule has 90 valence electrons. The molecule has 1 rings (SSSR count). The van der Waals surface area contributed by atoms with Gasteiger partial charge >= 0.3 is 0 Å². The first-order valence-electron chi connectivity index (χ1n) is 5.37. The lowest BCUT2D eigenvalue weighted by Crippen LogP contribution is -2.58. The Morgan fingerprint density at radius 1 is 1.40 bits per heavy atom. The fraction of sp³-hybridized carbons (Fsp3) is 1.00. The van der Waals surface area contributed by atoms with Crippen LogP contribution < -0.4 is 5.73 Å². The Morgan fingerprint density at radius 2 is 1.87 bits per heavy atom. The molecular formula is C10H20F2N2O. The number of piperidine rings is 1. The van der Waals surface area contributed by atoms with Crippen molar-refractivity contribution in [2.75, 3.05) is 19.6 Å². The predicted molar refractivity (Wildman–Crippen MR) is 54.9 cm³/mol. The summed E-state index contributed by atoms with van der Waals surface area (Å²) >= 11 is 0. The van der Waals surface area contributed by atoms with Gasteiger partial charge in [0.15, 0.2) is 0 Å². The Morgan fingerprint density at radius 3 is 2.20 bits per heavy atom. The summed E-state index contributed by atoms with van der Waals surface area (Å²) in [5.41, 5.74) is 3.08. The van der Waals surface area contributed by atoms with Gasteiger partial charge in [-0.15, -0.1) is 0 Å². The van der Waals surface area contributed by atoms with E-state index in [1.54, 1.807) is 0 Å². The van der Waals surface area contributed by atoms with Crippen molar-refractivity contribution in [2.24, 2.45) is 5.73 Å². The standard InChI is InChI=1S/C10H20F2N2O/c1-8(2)14-5-3-9(15,4-6-14)10(11,12)7-13/h8,15H,3-7,13H2,1-2H3. The Labute approximate surface area is 89.2 Å². The Bertz CT molecular complexity index is 213. The highest BCUT2D eigenvalue weighted by Crippen LogP contribution is 2.36. The highest BCUT2D eigenvalue weighted by Gasteiger charge is 2.52. The van der Waals surface area contributed by atoms with Crippen LogP contribution in [0.1, 0.15) is 26.7 Å². The number of alkyl halides is 2. The van der Waals surface area contributed by atoms with Gasteiger partial charge in [-0.2, -0.15) is 0 Å². The van der Waals surface area contributed by atoms with Crippen LogP contribution in [0, 0.1) is 0 Å². The minimum atomic E-state index is -3.17. The molecule has 1 aliphatic heterocycles. The smallest absolute Gasteiger partial charge is 0.288 e. The van der Waals surface area contributed by atoms with E-state index in [0.717, 1.165) is 0 Å². The van der Waals surface area contributed by atoms with E-state index in [-0.39, 0.29) is 12.8 Å². The van der Waals surface area contributed by atoms with Gasteiger partial charge in [0.1, 0.15) is 5.60 Å². The summed E-state index contributed by atoms with van der Waals surface area (Å²) in [4.78, 5) is 2.08. The summed E-state index contributed by atoms with van der Waals surface area (Å²) in [6, 6.07) is 0.334. The van der Waals surface area contributed by atoms with Gasteiger partial charge in [-0.25, -0.2) is 8.78 Å². The molecule has 0 unspecified atom stereocenters. The molecule has 1 aliphatic rings. The molecule has 15 heavy (non-hydrogen) atoms. The molecule has 0 bridgehead atoms. The van der Waals surface area contributed by atoms with Crippen molar-refractivity contribution in [1.82, 2.24) is 4.90 Å². The average molecular weight is 222 g/mol. The maximum absolute atomic E-state index is 13.4. The molecule has 5 heteroatoms. The van der Waals surface area contributed by atoms with E-state index in [1.807, 2.05) is 13.8 Å². The number of rotatable bonds is 3. The summed E-state index contributed by atoms with van der Waals surface area (Å²) in [6.45, 7) is 4.26. The van der Waals surface area contributed by atoms with Crippen LogP contribution in [0.5, 0.6) is 0 Å². The minimum Gasteiger partial charge on any atom is -0.383 e. The zero-order valence-electron chi connectivity index (χ0n) is 9.34. The summed E-state index contributed by atoms with van der Waals surface area (Å²) in [6.07, 6.45) is 0.185. The van der Waals surface area contributed by atoms with Crippen LogP contribution in [0.2, 0.25) is 0 Å². The van der Waals surface area contributed by atoms with E-state index in [2.05, 4.69) is 4.90 Å². The van der Waals surface area contributed by atoms with Crippen molar-refractivity contribution in [3.8, 4) is 0 Å². The van der Waals surface area contributed by atoms with Crippen LogP contribution >= 0.6 is 0 Å². The van der Waals surface area contributed by atoms with Gasteiger partial charge in [-0.1, -0.05) is 0 Å². The van der Waals surface area contributed by atoms with Gasteiger partial charge in [0.25, 0.3) is 5.92 Å². The largest absolute Gasteiger partial charge is 0.383 e. The van der Waals surface area contributed by atoms with Crippen LogP contribution in [-0.4, -0.2) is 47.2 Å². The molecule has 3 nitrogen and oxygen atoms in total. The molecular weight excluding hydrogens is 202 g/mol. The van der Waals surface area contributed by atoms with Gasteiger partial charge in [0.05, 0.1) is 6.54 Å². The molecule has 0 amide bonds. The van der Waals surface area contributed by atoms with E-state index in [4.69, 9.17) is 5.73 Å². The fourth-order valence-corrected chi connectivity index (χ4v) is 1.97. The molecule has 0 spiro atoms. The van der Waals surface area contributed by atoms with E-state index in [0.29, 0.717) is 19.1 Å². The number of nitrogens with two attached hydrogens (primary N) is 1. The Kier molecular flexibility index (Phi) is 3.68. The normalized spacial score (nSPS) is 23.4. The molecule has 0 aromatic rings. The van der Waals surface area contributed by atoms with Gasteiger partial charge in [-0.05, 0) is 26.7 Å². The van der Waals surface area contributed by atoms with E-state index in [9.17, 15) is 13.9 Å². The maximum atomic E-state index is 13.4. The minimum absolute atomic E-state index is 0.0926. The second-order valence-electron chi connectivity index (χ2n) is 4.57. The highest BCUT2D eigenvalue weighted by atomic mass is 19.3. The first-order chi connectivity index (χ1) is 6.82. The topological polar surface area (TPSA) is 49.5 Å². The summed E-state index contributed by atoms with van der Waals surface area (Å²) in [5, 5.41) is 9.84. The fourth-order valence-electron chi connectivity index (χ4n) is 1.97. The first kappa shape index (κ1) is 12.8. The lowest BCUT2D eigenvalue weighted by atomic mass is 9.84. The quantitative estimate of drug-likeness (QED) is 0.743. The lowest BCUT2D eigenvalue weighted by molar-refractivity contribution is -0.196. The lowest BCUT2D eigenvalue weighted by Gasteiger charge is -2.43. The third kappa shape index (κ3) is 2.46. The van der Waals surface area contributed by atoms with Crippen LogP contribution in [-0.2, 0) is 0 Å². The molecule has 1 fully saturated rings. The number of halogens is 2. The summed E-state index contributed by atoms with van der Waals surface area (Å²) in [7, 11) is 0. The van der Waals surface area contributed by atoms with Gasteiger partial charge in [-0.3, -0.25) is 0 Å². The third-order valence-electron chi connectivity index (χ3n) is 3.29. The van der Waals surface area contributed by atoms with Crippen molar-refractivity contribution in [3.05, 3.63) is 0 Å². The number of nitrogens with zero attached hydrogens (tertiary/aromatic N) is 1. The molecule has 1 heterocycles. The number of aliphatic hydroxyl groups is 1. The second kappa shape index (κ2) is 4.31. The highest BCUT2D eigenvalue weighted by molar-refractivity contribution is 4.97. The maximum Gasteiger partial charge on any atom is 0.288 e. The molecule has 0 atom stereocenters. The first-order valence-corrected chi connectivity index (χ1v) is 5.37. The molecule has 0 aliphatic carbocycles. The zero-order valence-corrected chi connectivity index (χ0v) is 9.34. The molecule has 3 N–H and O–H groups in total. The van der Waals surface area contributed by atoms with Crippen molar-refractivity contribution in [3.63, 3.8) is 0 Å². The van der Waals surface area contributed by atoms with E-state index in [1.165, 1.54) is 0 Å². The van der Waals surface area contributed by atoms with Crippen LogP contribution in [0.4, 0.5) is 8.78 Å². The van der Waals surface area contributed by atoms with Crippen molar-refractivity contribution >= 4 is 0 Å². The van der Waals surface area contributed by atoms with Crippen molar-refractivity contribution < 1.29 is 13.9 Å². The zero-order chi connectivity index (χ0) is 11.7. The SMILES string of the molecule is CC(C)N1CCC(O)(C(F)(F)CN)CC1. The third-order valence-corrected chi connectivity index (χ3v) is 3.29. The van der Waals surface area contributed by atoms with E-state index < -0.39 is 18.1 Å². The van der Waals surface area contributed by atoms with Gasteiger partial charge in [0, 0.05) is 19.1 Å².